The van der Waals surface area contributed by atoms with Gasteiger partial charge in [0.1, 0.15) is 11.5 Å². The van der Waals surface area contributed by atoms with Crippen molar-refractivity contribution in [2.24, 2.45) is 5.92 Å². The van der Waals surface area contributed by atoms with Crippen LogP contribution in [0, 0.1) is 12.8 Å². The number of benzene rings is 1. The van der Waals surface area contributed by atoms with Crippen LogP contribution in [0.2, 0.25) is 0 Å². The highest BCUT2D eigenvalue weighted by Gasteiger charge is 2.39. The molecule has 96 valence electrons. The van der Waals surface area contributed by atoms with E-state index >= 15 is 0 Å². The van der Waals surface area contributed by atoms with Crippen molar-refractivity contribution in [2.75, 3.05) is 14.2 Å². The monoisotopic (exact) mass is 244 g/mol. The van der Waals surface area contributed by atoms with Gasteiger partial charge in [0.05, 0.1) is 19.8 Å². The van der Waals surface area contributed by atoms with E-state index in [9.17, 15) is 8.78 Å². The van der Waals surface area contributed by atoms with E-state index in [4.69, 9.17) is 9.47 Å². The van der Waals surface area contributed by atoms with Gasteiger partial charge in [0.2, 0.25) is 0 Å². The van der Waals surface area contributed by atoms with Crippen LogP contribution in [0.5, 0.6) is 11.5 Å². The predicted octanol–water partition coefficient (Wildman–Crippen LogP) is 3.76. The van der Waals surface area contributed by atoms with Crippen molar-refractivity contribution in [1.82, 2.24) is 0 Å². The van der Waals surface area contributed by atoms with Gasteiger partial charge >= 0.3 is 0 Å². The fraction of sp³-hybridized carbons (Fsp3) is 0.538. The zero-order chi connectivity index (χ0) is 13.2. The molecule has 0 saturated heterocycles. The Bertz CT molecular complexity index is 401. The second kappa shape index (κ2) is 4.90. The summed E-state index contributed by atoms with van der Waals surface area (Å²) in [6, 6.07) is 2.93. The molecule has 1 aromatic rings. The van der Waals surface area contributed by atoms with E-state index in [0.29, 0.717) is 5.75 Å². The van der Waals surface area contributed by atoms with Gasteiger partial charge in [0, 0.05) is 5.92 Å². The number of hydrogen-bond donors (Lipinski definition) is 0. The molecule has 0 aliphatic rings. The minimum absolute atomic E-state index is 0.127. The van der Waals surface area contributed by atoms with Crippen LogP contribution in [0.4, 0.5) is 8.78 Å². The minimum Gasteiger partial charge on any atom is -0.496 e. The molecule has 1 rings (SSSR count). The molecule has 0 aliphatic heterocycles. The average molecular weight is 244 g/mol. The number of rotatable bonds is 4. The van der Waals surface area contributed by atoms with Gasteiger partial charge in [-0.15, -0.1) is 0 Å². The maximum absolute atomic E-state index is 14.0. The van der Waals surface area contributed by atoms with Crippen molar-refractivity contribution < 1.29 is 18.3 Å². The molecule has 0 saturated carbocycles. The quantitative estimate of drug-likeness (QED) is 0.802. The van der Waals surface area contributed by atoms with Crippen molar-refractivity contribution in [3.8, 4) is 11.5 Å². The van der Waals surface area contributed by atoms with Gasteiger partial charge in [-0.1, -0.05) is 13.8 Å². The molecule has 0 spiro atoms. The lowest BCUT2D eigenvalue weighted by Crippen LogP contribution is -2.22. The van der Waals surface area contributed by atoms with Gasteiger partial charge in [0.25, 0.3) is 5.92 Å². The summed E-state index contributed by atoms with van der Waals surface area (Å²) in [5.74, 6) is -3.10. The van der Waals surface area contributed by atoms with Gasteiger partial charge in [-0.05, 0) is 24.6 Å². The van der Waals surface area contributed by atoms with E-state index in [2.05, 4.69) is 0 Å². The molecule has 0 N–H and O–H groups in total. The number of ether oxygens (including phenoxy) is 2. The molecule has 0 fully saturated rings. The van der Waals surface area contributed by atoms with Crippen LogP contribution in [-0.2, 0) is 5.92 Å². The SMILES string of the molecule is COc1cc(C(F)(F)C(C)C)c(OC)cc1C. The smallest absolute Gasteiger partial charge is 0.279 e. The van der Waals surface area contributed by atoms with Crippen molar-refractivity contribution in [2.45, 2.75) is 26.7 Å². The molecular weight excluding hydrogens is 226 g/mol. The third kappa shape index (κ3) is 2.51. The molecule has 0 aliphatic carbocycles. The van der Waals surface area contributed by atoms with Crippen molar-refractivity contribution in [3.05, 3.63) is 23.3 Å². The van der Waals surface area contributed by atoms with E-state index in [1.807, 2.05) is 0 Å². The molecule has 0 radical (unpaired) electrons. The third-order valence-electron chi connectivity index (χ3n) is 2.80. The lowest BCUT2D eigenvalue weighted by atomic mass is 9.95. The second-order valence-electron chi connectivity index (χ2n) is 4.30. The van der Waals surface area contributed by atoms with Crippen LogP contribution in [0.25, 0.3) is 0 Å². The molecule has 0 atom stereocenters. The van der Waals surface area contributed by atoms with Gasteiger partial charge in [-0.25, -0.2) is 8.78 Å². The largest absolute Gasteiger partial charge is 0.496 e. The Kier molecular flexibility index (Phi) is 3.96. The number of halogens is 2. The topological polar surface area (TPSA) is 18.5 Å². The van der Waals surface area contributed by atoms with E-state index in [-0.39, 0.29) is 11.3 Å². The number of aryl methyl sites for hydroxylation is 1. The number of methoxy groups -OCH3 is 2. The van der Waals surface area contributed by atoms with Gasteiger partial charge in [-0.2, -0.15) is 0 Å². The van der Waals surface area contributed by atoms with E-state index in [1.54, 1.807) is 13.0 Å². The van der Waals surface area contributed by atoms with Crippen molar-refractivity contribution in [3.63, 3.8) is 0 Å². The highest BCUT2D eigenvalue weighted by molar-refractivity contribution is 5.48. The fourth-order valence-corrected chi connectivity index (χ4v) is 1.62. The first-order valence-electron chi connectivity index (χ1n) is 5.45. The Morgan fingerprint density at radius 2 is 1.59 bits per heavy atom. The molecule has 0 aromatic heterocycles. The molecule has 0 heterocycles. The first-order chi connectivity index (χ1) is 7.84. The molecule has 17 heavy (non-hydrogen) atoms. The van der Waals surface area contributed by atoms with Crippen LogP contribution >= 0.6 is 0 Å². The summed E-state index contributed by atoms with van der Waals surface area (Å²) in [5, 5.41) is 0. The average Bonchev–Trinajstić information content (AvgIpc) is 2.27. The van der Waals surface area contributed by atoms with E-state index in [1.165, 1.54) is 34.1 Å². The fourth-order valence-electron chi connectivity index (χ4n) is 1.62. The molecule has 0 amide bonds. The van der Waals surface area contributed by atoms with Gasteiger partial charge in [0.15, 0.2) is 0 Å². The molecule has 0 unspecified atom stereocenters. The van der Waals surface area contributed by atoms with Crippen LogP contribution in [-0.4, -0.2) is 14.2 Å². The zero-order valence-corrected chi connectivity index (χ0v) is 10.8. The maximum Gasteiger partial charge on any atom is 0.279 e. The van der Waals surface area contributed by atoms with Crippen LogP contribution in [0.1, 0.15) is 25.0 Å². The Labute approximate surface area is 101 Å². The normalized spacial score (nSPS) is 11.8. The Morgan fingerprint density at radius 3 is 2.00 bits per heavy atom. The first-order valence-corrected chi connectivity index (χ1v) is 5.45. The second-order valence-corrected chi connectivity index (χ2v) is 4.30. The summed E-state index contributed by atoms with van der Waals surface area (Å²) >= 11 is 0. The predicted molar refractivity (Wildman–Crippen MR) is 63.0 cm³/mol. The summed E-state index contributed by atoms with van der Waals surface area (Å²) in [6.07, 6.45) is 0. The molecule has 2 nitrogen and oxygen atoms in total. The summed E-state index contributed by atoms with van der Waals surface area (Å²) in [4.78, 5) is 0. The maximum atomic E-state index is 14.0. The molecule has 0 bridgehead atoms. The third-order valence-corrected chi connectivity index (χ3v) is 2.80. The highest BCUT2D eigenvalue weighted by atomic mass is 19.3. The van der Waals surface area contributed by atoms with E-state index in [0.717, 1.165) is 5.56 Å². The lowest BCUT2D eigenvalue weighted by molar-refractivity contribution is -0.0532. The Hall–Kier alpha value is -1.32. The highest BCUT2D eigenvalue weighted by Crippen LogP contribution is 2.43. The number of alkyl halides is 2. The molecular formula is C13H18F2O2. The van der Waals surface area contributed by atoms with Crippen LogP contribution in [0.15, 0.2) is 12.1 Å². The van der Waals surface area contributed by atoms with Crippen LogP contribution in [0.3, 0.4) is 0 Å². The molecule has 1 aromatic carbocycles. The summed E-state index contributed by atoms with van der Waals surface area (Å²) in [6.45, 7) is 4.75. The lowest BCUT2D eigenvalue weighted by Gasteiger charge is -2.24. The first kappa shape index (κ1) is 13.7. The van der Waals surface area contributed by atoms with Crippen molar-refractivity contribution >= 4 is 0 Å². The van der Waals surface area contributed by atoms with Gasteiger partial charge < -0.3 is 9.47 Å². The van der Waals surface area contributed by atoms with Gasteiger partial charge in [-0.3, -0.25) is 0 Å². The van der Waals surface area contributed by atoms with Crippen LogP contribution < -0.4 is 9.47 Å². The minimum atomic E-state index is -2.94. The zero-order valence-electron chi connectivity index (χ0n) is 10.8. The standard InChI is InChI=1S/C13H18F2O2/c1-8(2)13(14,15)10-7-11(16-4)9(3)6-12(10)17-5/h6-8H,1-5H3. The summed E-state index contributed by atoms with van der Waals surface area (Å²) < 4.78 is 38.2. The Balaban J connectivity index is 3.40. The molecule has 4 heteroatoms. The van der Waals surface area contributed by atoms with E-state index < -0.39 is 11.8 Å². The Morgan fingerprint density at radius 1 is 1.06 bits per heavy atom. The number of hydrogen-bond acceptors (Lipinski definition) is 2. The van der Waals surface area contributed by atoms with Crippen molar-refractivity contribution in [1.29, 1.82) is 0 Å². The summed E-state index contributed by atoms with van der Waals surface area (Å²) in [7, 11) is 2.85. The summed E-state index contributed by atoms with van der Waals surface area (Å²) in [5.41, 5.74) is 0.644.